The van der Waals surface area contributed by atoms with E-state index in [1.54, 1.807) is 12.1 Å². The van der Waals surface area contributed by atoms with E-state index >= 15 is 0 Å². The standard InChI is InChI=1S/C19H22N2O4/c1-2-11-20(12-15-7-9-16(10-8-15)21(22)23)13-17-14-24-18-5-3-4-6-19(18)25-17/h3-10,17H,2,11-14H2,1H3. The Morgan fingerprint density at radius 1 is 1.16 bits per heavy atom. The highest BCUT2D eigenvalue weighted by atomic mass is 16.6. The molecule has 0 fully saturated rings. The highest BCUT2D eigenvalue weighted by Gasteiger charge is 2.23. The van der Waals surface area contributed by atoms with Crippen LogP contribution in [0.5, 0.6) is 11.5 Å². The zero-order valence-electron chi connectivity index (χ0n) is 14.3. The highest BCUT2D eigenvalue weighted by Crippen LogP contribution is 2.31. The monoisotopic (exact) mass is 342 g/mol. The molecule has 1 aliphatic rings. The van der Waals surface area contributed by atoms with Crippen LogP contribution in [0, 0.1) is 10.1 Å². The summed E-state index contributed by atoms with van der Waals surface area (Å²) < 4.78 is 11.8. The van der Waals surface area contributed by atoms with Crippen LogP contribution in [-0.2, 0) is 6.54 Å². The van der Waals surface area contributed by atoms with E-state index in [1.165, 1.54) is 0 Å². The van der Waals surface area contributed by atoms with E-state index in [-0.39, 0.29) is 16.7 Å². The van der Waals surface area contributed by atoms with Gasteiger partial charge in [0.2, 0.25) is 0 Å². The number of hydrogen-bond donors (Lipinski definition) is 0. The fourth-order valence-electron chi connectivity index (χ4n) is 2.97. The second-order valence-corrected chi connectivity index (χ2v) is 6.16. The minimum atomic E-state index is -0.377. The van der Waals surface area contributed by atoms with Crippen molar-refractivity contribution in [3.05, 3.63) is 64.2 Å². The van der Waals surface area contributed by atoms with Crippen LogP contribution >= 0.6 is 0 Å². The Balaban J connectivity index is 1.62. The van der Waals surface area contributed by atoms with Gasteiger partial charge in [0.25, 0.3) is 5.69 Å². The number of non-ortho nitro benzene ring substituents is 1. The molecule has 1 heterocycles. The van der Waals surface area contributed by atoms with Crippen LogP contribution in [-0.4, -0.2) is 35.6 Å². The lowest BCUT2D eigenvalue weighted by Crippen LogP contribution is -2.41. The molecule has 0 spiro atoms. The predicted octanol–water partition coefficient (Wildman–Crippen LogP) is 3.65. The van der Waals surface area contributed by atoms with Gasteiger partial charge in [0.1, 0.15) is 12.7 Å². The first-order chi connectivity index (χ1) is 12.2. The van der Waals surface area contributed by atoms with Gasteiger partial charge in [-0.3, -0.25) is 15.0 Å². The summed E-state index contributed by atoms with van der Waals surface area (Å²) in [5.41, 5.74) is 1.17. The van der Waals surface area contributed by atoms with E-state index in [0.717, 1.165) is 43.1 Å². The summed E-state index contributed by atoms with van der Waals surface area (Å²) in [6.45, 7) is 5.07. The molecule has 6 heteroatoms. The average Bonchev–Trinajstić information content (AvgIpc) is 2.62. The van der Waals surface area contributed by atoms with Crippen molar-refractivity contribution in [3.8, 4) is 11.5 Å². The Morgan fingerprint density at radius 2 is 1.88 bits per heavy atom. The van der Waals surface area contributed by atoms with E-state index < -0.39 is 0 Å². The van der Waals surface area contributed by atoms with Crippen molar-refractivity contribution < 1.29 is 14.4 Å². The average molecular weight is 342 g/mol. The summed E-state index contributed by atoms with van der Waals surface area (Å²) >= 11 is 0. The number of hydrogen-bond acceptors (Lipinski definition) is 5. The van der Waals surface area contributed by atoms with Crippen LogP contribution in [0.25, 0.3) is 0 Å². The molecule has 0 saturated carbocycles. The van der Waals surface area contributed by atoms with Crippen molar-refractivity contribution in [2.45, 2.75) is 26.0 Å². The summed E-state index contributed by atoms with van der Waals surface area (Å²) in [4.78, 5) is 12.7. The van der Waals surface area contributed by atoms with Gasteiger partial charge in [-0.2, -0.15) is 0 Å². The summed E-state index contributed by atoms with van der Waals surface area (Å²) in [6.07, 6.45) is 0.997. The molecular formula is C19H22N2O4. The third kappa shape index (κ3) is 4.48. The lowest BCUT2D eigenvalue weighted by Gasteiger charge is -2.31. The molecule has 0 radical (unpaired) electrons. The van der Waals surface area contributed by atoms with Crippen LogP contribution in [0.4, 0.5) is 5.69 Å². The molecule has 0 N–H and O–H groups in total. The molecule has 1 unspecified atom stereocenters. The van der Waals surface area contributed by atoms with Gasteiger partial charge in [-0.15, -0.1) is 0 Å². The number of nitro benzene ring substituents is 1. The van der Waals surface area contributed by atoms with Crippen molar-refractivity contribution >= 4 is 5.69 Å². The Labute approximate surface area is 147 Å². The molecule has 3 rings (SSSR count). The fraction of sp³-hybridized carbons (Fsp3) is 0.368. The molecule has 132 valence electrons. The summed E-state index contributed by atoms with van der Waals surface area (Å²) in [6, 6.07) is 14.4. The van der Waals surface area contributed by atoms with Crippen molar-refractivity contribution in [2.75, 3.05) is 19.7 Å². The van der Waals surface area contributed by atoms with Gasteiger partial charge in [-0.05, 0) is 30.7 Å². The smallest absolute Gasteiger partial charge is 0.269 e. The van der Waals surface area contributed by atoms with Crippen LogP contribution in [0.15, 0.2) is 48.5 Å². The minimum absolute atomic E-state index is 0.0282. The number of para-hydroxylation sites is 2. The van der Waals surface area contributed by atoms with Gasteiger partial charge < -0.3 is 9.47 Å². The molecule has 2 aromatic rings. The number of fused-ring (bicyclic) bond motifs is 1. The molecule has 0 bridgehead atoms. The second-order valence-electron chi connectivity index (χ2n) is 6.16. The molecule has 2 aromatic carbocycles. The molecule has 6 nitrogen and oxygen atoms in total. The van der Waals surface area contributed by atoms with Crippen molar-refractivity contribution in [1.29, 1.82) is 0 Å². The molecule has 0 aromatic heterocycles. The molecule has 1 atom stereocenters. The third-order valence-corrected chi connectivity index (χ3v) is 4.12. The normalized spacial score (nSPS) is 16.0. The first-order valence-electron chi connectivity index (χ1n) is 8.50. The van der Waals surface area contributed by atoms with E-state index in [2.05, 4.69) is 11.8 Å². The van der Waals surface area contributed by atoms with Crippen molar-refractivity contribution in [1.82, 2.24) is 4.90 Å². The maximum Gasteiger partial charge on any atom is 0.269 e. The van der Waals surface area contributed by atoms with Crippen molar-refractivity contribution in [2.24, 2.45) is 0 Å². The van der Waals surface area contributed by atoms with E-state index in [1.807, 2.05) is 36.4 Å². The SMILES string of the molecule is CCCN(Cc1ccc([N+](=O)[O-])cc1)CC1COc2ccccc2O1. The van der Waals surface area contributed by atoms with Gasteiger partial charge in [-0.25, -0.2) is 0 Å². The van der Waals surface area contributed by atoms with Gasteiger partial charge in [0, 0.05) is 25.2 Å². The van der Waals surface area contributed by atoms with E-state index in [0.29, 0.717) is 6.61 Å². The number of rotatable bonds is 7. The Bertz CT molecular complexity index is 718. The van der Waals surface area contributed by atoms with Crippen LogP contribution < -0.4 is 9.47 Å². The number of nitro groups is 1. The van der Waals surface area contributed by atoms with Crippen molar-refractivity contribution in [3.63, 3.8) is 0 Å². The molecular weight excluding hydrogens is 320 g/mol. The number of ether oxygens (including phenoxy) is 2. The van der Waals surface area contributed by atoms with Crippen LogP contribution in [0.2, 0.25) is 0 Å². The third-order valence-electron chi connectivity index (χ3n) is 4.12. The molecule has 0 aliphatic carbocycles. The lowest BCUT2D eigenvalue weighted by molar-refractivity contribution is -0.384. The Hall–Kier alpha value is -2.60. The summed E-state index contributed by atoms with van der Waals surface area (Å²) in [5, 5.41) is 10.8. The predicted molar refractivity (Wildman–Crippen MR) is 95.0 cm³/mol. The van der Waals surface area contributed by atoms with E-state index in [4.69, 9.17) is 9.47 Å². The molecule has 0 saturated heterocycles. The minimum Gasteiger partial charge on any atom is -0.486 e. The fourth-order valence-corrected chi connectivity index (χ4v) is 2.97. The zero-order chi connectivity index (χ0) is 17.6. The van der Waals surface area contributed by atoms with Crippen LogP contribution in [0.3, 0.4) is 0 Å². The molecule has 0 amide bonds. The highest BCUT2D eigenvalue weighted by molar-refractivity contribution is 5.40. The second kappa shape index (κ2) is 7.98. The summed E-state index contributed by atoms with van der Waals surface area (Å²) in [5.74, 6) is 1.57. The Morgan fingerprint density at radius 3 is 2.56 bits per heavy atom. The first kappa shape index (κ1) is 17.2. The number of nitrogens with zero attached hydrogens (tertiary/aromatic N) is 2. The summed E-state index contributed by atoms with van der Waals surface area (Å²) in [7, 11) is 0. The van der Waals surface area contributed by atoms with Gasteiger partial charge in [0.05, 0.1) is 4.92 Å². The first-order valence-corrected chi connectivity index (χ1v) is 8.50. The van der Waals surface area contributed by atoms with Gasteiger partial charge in [0.15, 0.2) is 11.5 Å². The quantitative estimate of drug-likeness (QED) is 0.568. The zero-order valence-corrected chi connectivity index (χ0v) is 14.3. The molecule has 1 aliphatic heterocycles. The van der Waals surface area contributed by atoms with Crippen LogP contribution in [0.1, 0.15) is 18.9 Å². The lowest BCUT2D eigenvalue weighted by atomic mass is 10.1. The Kier molecular flexibility index (Phi) is 5.50. The molecule has 25 heavy (non-hydrogen) atoms. The maximum atomic E-state index is 10.8. The maximum absolute atomic E-state index is 10.8. The largest absolute Gasteiger partial charge is 0.486 e. The topological polar surface area (TPSA) is 64.8 Å². The van der Waals surface area contributed by atoms with Gasteiger partial charge in [-0.1, -0.05) is 31.2 Å². The number of benzene rings is 2. The van der Waals surface area contributed by atoms with E-state index in [9.17, 15) is 10.1 Å². The van der Waals surface area contributed by atoms with Gasteiger partial charge >= 0.3 is 0 Å².